The lowest BCUT2D eigenvalue weighted by molar-refractivity contribution is -0.143. The standard InChI is InChI=1S/C25H34N4O3/c26-14-8-7-13-22(25(31)32)27-24(30)23(19-20-9-3-1-4-10-20)29-17-15-28(16-18-29)21-11-5-2-6-12-21/h1-6,9-12,22-23H,7-8,13-19,26H2,(H,27,30)(H,31,32). The number of hydrogen-bond donors (Lipinski definition) is 3. The zero-order chi connectivity index (χ0) is 22.8. The maximum atomic E-state index is 13.3. The summed E-state index contributed by atoms with van der Waals surface area (Å²) in [5, 5.41) is 12.4. The van der Waals surface area contributed by atoms with Crippen molar-refractivity contribution in [2.24, 2.45) is 5.73 Å². The summed E-state index contributed by atoms with van der Waals surface area (Å²) in [5.41, 5.74) is 7.78. The molecule has 0 saturated carbocycles. The summed E-state index contributed by atoms with van der Waals surface area (Å²) in [6.07, 6.45) is 2.35. The van der Waals surface area contributed by atoms with Crippen LogP contribution in [-0.4, -0.2) is 66.7 Å². The third-order valence-electron chi connectivity index (χ3n) is 6.01. The SMILES string of the molecule is NCCCCC(NC(=O)C(Cc1ccccc1)N1CCN(c2ccccc2)CC1)C(=O)O. The van der Waals surface area contributed by atoms with Crippen LogP contribution < -0.4 is 16.0 Å². The Morgan fingerprint density at radius 3 is 2.16 bits per heavy atom. The normalized spacial score (nSPS) is 16.3. The monoisotopic (exact) mass is 438 g/mol. The van der Waals surface area contributed by atoms with Crippen LogP contribution in [0.5, 0.6) is 0 Å². The van der Waals surface area contributed by atoms with Crippen molar-refractivity contribution in [3.8, 4) is 0 Å². The van der Waals surface area contributed by atoms with Gasteiger partial charge in [0.2, 0.25) is 5.91 Å². The van der Waals surface area contributed by atoms with E-state index in [9.17, 15) is 14.7 Å². The van der Waals surface area contributed by atoms with Gasteiger partial charge in [-0.25, -0.2) is 4.79 Å². The molecule has 1 saturated heterocycles. The number of hydrogen-bond acceptors (Lipinski definition) is 5. The number of carboxylic acid groups (broad SMARTS) is 1. The average molecular weight is 439 g/mol. The number of amides is 1. The zero-order valence-electron chi connectivity index (χ0n) is 18.5. The van der Waals surface area contributed by atoms with Crippen molar-refractivity contribution < 1.29 is 14.7 Å². The largest absolute Gasteiger partial charge is 0.480 e. The highest BCUT2D eigenvalue weighted by molar-refractivity contribution is 5.87. The quantitative estimate of drug-likeness (QED) is 0.465. The highest BCUT2D eigenvalue weighted by Gasteiger charge is 2.31. The number of carbonyl (C=O) groups is 2. The van der Waals surface area contributed by atoms with Crippen LogP contribution in [-0.2, 0) is 16.0 Å². The van der Waals surface area contributed by atoms with Gasteiger partial charge in [0.1, 0.15) is 6.04 Å². The topological polar surface area (TPSA) is 98.9 Å². The molecule has 0 aromatic heterocycles. The molecule has 172 valence electrons. The van der Waals surface area contributed by atoms with Gasteiger partial charge in [0.25, 0.3) is 0 Å². The Bertz CT molecular complexity index is 839. The van der Waals surface area contributed by atoms with Gasteiger partial charge < -0.3 is 21.1 Å². The molecule has 1 fully saturated rings. The highest BCUT2D eigenvalue weighted by atomic mass is 16.4. The molecule has 0 bridgehead atoms. The van der Waals surface area contributed by atoms with Crippen molar-refractivity contribution in [3.63, 3.8) is 0 Å². The van der Waals surface area contributed by atoms with Crippen LogP contribution in [0.3, 0.4) is 0 Å². The predicted octanol–water partition coefficient (Wildman–Crippen LogP) is 2.12. The predicted molar refractivity (Wildman–Crippen MR) is 127 cm³/mol. The Morgan fingerprint density at radius 1 is 0.938 bits per heavy atom. The molecule has 0 radical (unpaired) electrons. The number of carbonyl (C=O) groups excluding carboxylic acids is 1. The van der Waals surface area contributed by atoms with Crippen LogP contribution in [0.4, 0.5) is 5.69 Å². The second-order valence-corrected chi connectivity index (χ2v) is 8.25. The molecule has 7 heteroatoms. The molecule has 0 spiro atoms. The number of benzene rings is 2. The van der Waals surface area contributed by atoms with Gasteiger partial charge >= 0.3 is 5.97 Å². The van der Waals surface area contributed by atoms with Crippen molar-refractivity contribution in [1.29, 1.82) is 0 Å². The van der Waals surface area contributed by atoms with E-state index in [2.05, 4.69) is 27.2 Å². The van der Waals surface area contributed by atoms with E-state index < -0.39 is 18.1 Å². The average Bonchev–Trinajstić information content (AvgIpc) is 2.83. The first-order valence-corrected chi connectivity index (χ1v) is 11.4. The lowest BCUT2D eigenvalue weighted by atomic mass is 10.0. The number of nitrogens with zero attached hydrogens (tertiary/aromatic N) is 2. The molecule has 2 atom stereocenters. The van der Waals surface area contributed by atoms with Crippen molar-refractivity contribution in [1.82, 2.24) is 10.2 Å². The number of unbranched alkanes of at least 4 members (excludes halogenated alkanes) is 1. The number of nitrogens with two attached hydrogens (primary N) is 1. The Hall–Kier alpha value is -2.90. The third-order valence-corrected chi connectivity index (χ3v) is 6.01. The Morgan fingerprint density at radius 2 is 1.56 bits per heavy atom. The third kappa shape index (κ3) is 6.80. The van der Waals surface area contributed by atoms with Crippen LogP contribution >= 0.6 is 0 Å². The number of nitrogens with one attached hydrogen (secondary N) is 1. The first-order chi connectivity index (χ1) is 15.6. The van der Waals surface area contributed by atoms with E-state index in [1.807, 2.05) is 48.5 Å². The molecule has 2 unspecified atom stereocenters. The van der Waals surface area contributed by atoms with Crippen LogP contribution in [0, 0.1) is 0 Å². The summed E-state index contributed by atoms with van der Waals surface area (Å²) >= 11 is 0. The summed E-state index contributed by atoms with van der Waals surface area (Å²) in [6, 6.07) is 18.9. The molecule has 0 aliphatic carbocycles. The van der Waals surface area contributed by atoms with Crippen molar-refractivity contribution in [2.75, 3.05) is 37.6 Å². The minimum atomic E-state index is -0.997. The molecule has 7 nitrogen and oxygen atoms in total. The fourth-order valence-corrected chi connectivity index (χ4v) is 4.17. The summed E-state index contributed by atoms with van der Waals surface area (Å²) in [5.74, 6) is -1.22. The van der Waals surface area contributed by atoms with Crippen LogP contribution in [0.2, 0.25) is 0 Å². The Kier molecular flexibility index (Phi) is 9.07. The minimum Gasteiger partial charge on any atom is -0.480 e. The van der Waals surface area contributed by atoms with Gasteiger partial charge in [-0.1, -0.05) is 48.5 Å². The molecule has 1 aliphatic heterocycles. The molecule has 2 aromatic rings. The van der Waals surface area contributed by atoms with Crippen molar-refractivity contribution in [2.45, 2.75) is 37.8 Å². The molecule has 2 aromatic carbocycles. The number of piperazine rings is 1. The molecular weight excluding hydrogens is 404 g/mol. The second kappa shape index (κ2) is 12.2. The molecule has 32 heavy (non-hydrogen) atoms. The van der Waals surface area contributed by atoms with E-state index in [0.717, 1.165) is 38.2 Å². The van der Waals surface area contributed by atoms with Gasteiger partial charge in [-0.15, -0.1) is 0 Å². The second-order valence-electron chi connectivity index (χ2n) is 8.25. The van der Waals surface area contributed by atoms with E-state index in [-0.39, 0.29) is 5.91 Å². The van der Waals surface area contributed by atoms with Crippen LogP contribution in [0.25, 0.3) is 0 Å². The Labute approximate surface area is 190 Å². The highest BCUT2D eigenvalue weighted by Crippen LogP contribution is 2.18. The molecule has 1 heterocycles. The molecule has 3 rings (SSSR count). The maximum absolute atomic E-state index is 13.3. The number of anilines is 1. The summed E-state index contributed by atoms with van der Waals surface area (Å²) in [6.45, 7) is 3.64. The van der Waals surface area contributed by atoms with E-state index in [4.69, 9.17) is 5.73 Å². The molecule has 1 aliphatic rings. The van der Waals surface area contributed by atoms with Gasteiger partial charge in [0, 0.05) is 31.9 Å². The van der Waals surface area contributed by atoms with E-state index in [1.54, 1.807) is 0 Å². The van der Waals surface area contributed by atoms with Crippen molar-refractivity contribution in [3.05, 3.63) is 66.2 Å². The smallest absolute Gasteiger partial charge is 0.326 e. The van der Waals surface area contributed by atoms with Gasteiger partial charge in [-0.2, -0.15) is 0 Å². The molecular formula is C25H34N4O3. The summed E-state index contributed by atoms with van der Waals surface area (Å²) < 4.78 is 0. The van der Waals surface area contributed by atoms with Crippen molar-refractivity contribution >= 4 is 17.6 Å². The minimum absolute atomic E-state index is 0.220. The zero-order valence-corrected chi connectivity index (χ0v) is 18.5. The number of aliphatic carboxylic acids is 1. The number of carboxylic acids is 1. The van der Waals surface area contributed by atoms with E-state index in [0.29, 0.717) is 25.8 Å². The van der Waals surface area contributed by atoms with E-state index in [1.165, 1.54) is 5.69 Å². The Balaban J connectivity index is 1.69. The van der Waals surface area contributed by atoms with Gasteiger partial charge in [0.05, 0.1) is 6.04 Å². The fraction of sp³-hybridized carbons (Fsp3) is 0.440. The van der Waals surface area contributed by atoms with Gasteiger partial charge in [-0.05, 0) is 49.9 Å². The maximum Gasteiger partial charge on any atom is 0.326 e. The lowest BCUT2D eigenvalue weighted by Crippen LogP contribution is -2.57. The molecule has 1 amide bonds. The first-order valence-electron chi connectivity index (χ1n) is 11.4. The van der Waals surface area contributed by atoms with Gasteiger partial charge in [-0.3, -0.25) is 9.69 Å². The van der Waals surface area contributed by atoms with E-state index >= 15 is 0 Å². The number of rotatable bonds is 11. The van der Waals surface area contributed by atoms with Crippen LogP contribution in [0.1, 0.15) is 24.8 Å². The van der Waals surface area contributed by atoms with Gasteiger partial charge in [0.15, 0.2) is 0 Å². The molecule has 4 N–H and O–H groups in total. The fourth-order valence-electron chi connectivity index (χ4n) is 4.17. The summed E-state index contributed by atoms with van der Waals surface area (Å²) in [7, 11) is 0. The van der Waals surface area contributed by atoms with Crippen LogP contribution in [0.15, 0.2) is 60.7 Å². The number of para-hydroxylation sites is 1. The summed E-state index contributed by atoms with van der Waals surface area (Å²) in [4.78, 5) is 29.5. The first kappa shape index (κ1) is 23.8. The lowest BCUT2D eigenvalue weighted by Gasteiger charge is -2.40.